The van der Waals surface area contributed by atoms with E-state index in [1.165, 1.54) is 30.1 Å². The molecule has 2 saturated heterocycles. The predicted molar refractivity (Wildman–Crippen MR) is 363 cm³/mol. The van der Waals surface area contributed by atoms with Gasteiger partial charge in [0.1, 0.15) is 29.9 Å². The molecule has 0 saturated carbocycles. The van der Waals surface area contributed by atoms with Crippen LogP contribution in [-0.2, 0) is 60.8 Å². The highest BCUT2D eigenvalue weighted by atomic mass is 127. The fourth-order valence-corrected chi connectivity index (χ4v) is 11.7. The van der Waals surface area contributed by atoms with Crippen LogP contribution in [0.15, 0.2) is 84.9 Å². The van der Waals surface area contributed by atoms with Gasteiger partial charge in [0.05, 0.1) is 36.3 Å². The van der Waals surface area contributed by atoms with Gasteiger partial charge in [-0.3, -0.25) is 77.7 Å². The van der Waals surface area contributed by atoms with Crippen molar-refractivity contribution in [3.63, 3.8) is 0 Å². The second kappa shape index (κ2) is 39.1. The number of nitrogens with two attached hydrogens (primary N) is 1. The van der Waals surface area contributed by atoms with Gasteiger partial charge >= 0.3 is 17.9 Å². The van der Waals surface area contributed by atoms with Crippen LogP contribution in [0.2, 0.25) is 0 Å². The molecular weight excluding hydrogens is 1360 g/mol. The zero-order chi connectivity index (χ0) is 69.7. The van der Waals surface area contributed by atoms with E-state index in [0.717, 1.165) is 10.8 Å². The highest BCUT2D eigenvalue weighted by Crippen LogP contribution is 2.23. The number of aliphatic carboxylic acids is 3. The lowest BCUT2D eigenvalue weighted by molar-refractivity contribution is -0.142. The molecule has 6 rings (SSSR count). The first-order valence-corrected chi connectivity index (χ1v) is 32.9. The molecule has 0 bridgehead atoms. The number of benzene rings is 4. The number of phenols is 1. The van der Waals surface area contributed by atoms with Crippen LogP contribution in [0.25, 0.3) is 10.8 Å². The molecule has 31 heteroatoms. The smallest absolute Gasteiger partial charge is 0.317 e. The fourth-order valence-electron chi connectivity index (χ4n) is 11.1. The Morgan fingerprint density at radius 3 is 1.72 bits per heavy atom. The summed E-state index contributed by atoms with van der Waals surface area (Å²) in [6, 6.07) is 19.0. The second-order valence-electron chi connectivity index (χ2n) is 23.8. The van der Waals surface area contributed by atoms with Crippen molar-refractivity contribution in [2.75, 3.05) is 117 Å². The van der Waals surface area contributed by atoms with Crippen molar-refractivity contribution >= 4 is 110 Å². The highest BCUT2D eigenvalue weighted by molar-refractivity contribution is 14.1. The lowest BCUT2D eigenvalue weighted by Gasteiger charge is -2.32. The number of anilines is 1. The van der Waals surface area contributed by atoms with E-state index in [2.05, 4.69) is 42.5 Å². The van der Waals surface area contributed by atoms with Crippen molar-refractivity contribution in [1.29, 1.82) is 5.41 Å². The number of hydrogen-bond acceptors (Lipinski definition) is 17. The van der Waals surface area contributed by atoms with Gasteiger partial charge < -0.3 is 73.6 Å². The number of carbonyl (C=O) groups excluding carboxylic acids is 8. The molecule has 0 aromatic heterocycles. The maximum Gasteiger partial charge on any atom is 0.317 e. The Bertz CT molecular complexity index is 3350. The Balaban J connectivity index is 1.03. The number of carboxylic acid groups (broad SMARTS) is 3. The normalized spacial score (nSPS) is 18.8. The highest BCUT2D eigenvalue weighted by Gasteiger charge is 2.36. The van der Waals surface area contributed by atoms with Gasteiger partial charge in [-0.15, -0.1) is 0 Å². The molecule has 30 nitrogen and oxygen atoms in total. The van der Waals surface area contributed by atoms with E-state index < -0.39 is 84.1 Å². The van der Waals surface area contributed by atoms with Crippen molar-refractivity contribution in [3.8, 4) is 5.75 Å². The van der Waals surface area contributed by atoms with Gasteiger partial charge in [-0.1, -0.05) is 55.0 Å². The van der Waals surface area contributed by atoms with Gasteiger partial charge in [-0.25, -0.2) is 0 Å². The molecule has 520 valence electrons. The van der Waals surface area contributed by atoms with E-state index in [9.17, 15) is 73.2 Å². The summed E-state index contributed by atoms with van der Waals surface area (Å²) >= 11 is 1.93. The van der Waals surface area contributed by atoms with Crippen LogP contribution in [0, 0.1) is 8.98 Å². The van der Waals surface area contributed by atoms with Crippen molar-refractivity contribution in [3.05, 3.63) is 105 Å². The minimum absolute atomic E-state index is 0.000139. The maximum atomic E-state index is 14.7. The van der Waals surface area contributed by atoms with E-state index in [4.69, 9.17) is 11.1 Å². The third-order valence-electron chi connectivity index (χ3n) is 16.3. The van der Waals surface area contributed by atoms with Gasteiger partial charge in [-0.05, 0) is 119 Å². The average Bonchev–Trinajstić information content (AvgIpc) is 1.13. The van der Waals surface area contributed by atoms with Crippen LogP contribution in [-0.4, -0.2) is 252 Å². The zero-order valence-corrected chi connectivity index (χ0v) is 55.9. The van der Waals surface area contributed by atoms with Crippen molar-refractivity contribution in [2.24, 2.45) is 5.73 Å². The Morgan fingerprint density at radius 2 is 1.11 bits per heavy atom. The number of aromatic hydroxyl groups is 1. The third-order valence-corrected chi connectivity index (χ3v) is 17.1. The second-order valence-corrected chi connectivity index (χ2v) is 24.9. The molecule has 0 spiro atoms. The molecular formula is C65H88IN15O15. The zero-order valence-electron chi connectivity index (χ0n) is 53.7. The van der Waals surface area contributed by atoms with Crippen molar-refractivity contribution < 1.29 is 73.2 Å². The number of guanidine groups is 1. The van der Waals surface area contributed by atoms with Crippen LogP contribution in [0.5, 0.6) is 5.75 Å². The Morgan fingerprint density at radius 1 is 0.573 bits per heavy atom. The van der Waals surface area contributed by atoms with Gasteiger partial charge in [0.15, 0.2) is 5.96 Å². The lowest BCUT2D eigenvalue weighted by atomic mass is 10.00. The minimum Gasteiger partial charge on any atom is -0.507 e. The molecule has 0 unspecified atom stereocenters. The number of carbonyl (C=O) groups is 11. The molecule has 4 atom stereocenters. The van der Waals surface area contributed by atoms with E-state index in [1.807, 2.05) is 70.0 Å². The fraction of sp³-hybridized carbons (Fsp3) is 0.477. The van der Waals surface area contributed by atoms with E-state index in [0.29, 0.717) is 59.3 Å². The first-order valence-electron chi connectivity index (χ1n) is 31.9. The summed E-state index contributed by atoms with van der Waals surface area (Å²) in [7, 11) is 1.39. The summed E-state index contributed by atoms with van der Waals surface area (Å²) < 4.78 is 0.479. The lowest BCUT2D eigenvalue weighted by Crippen LogP contribution is -2.58. The number of carboxylic acids is 3. The molecule has 2 aliphatic rings. The number of nitrogens with zero attached hydrogens (tertiary/aromatic N) is 5. The molecule has 8 amide bonds. The van der Waals surface area contributed by atoms with Crippen LogP contribution >= 0.6 is 22.6 Å². The van der Waals surface area contributed by atoms with Crippen LogP contribution in [0.3, 0.4) is 0 Å². The number of nitrogens with one attached hydrogen (secondary N) is 9. The number of likely N-dealkylation sites (N-methyl/N-ethyl adjacent to an activating group) is 1. The number of unbranched alkanes of at least 4 members (excludes halogenated alkanes) is 2. The van der Waals surface area contributed by atoms with Gasteiger partial charge in [0.2, 0.25) is 41.4 Å². The molecule has 2 fully saturated rings. The number of rotatable bonds is 28. The van der Waals surface area contributed by atoms with Gasteiger partial charge in [0.25, 0.3) is 5.91 Å². The summed E-state index contributed by atoms with van der Waals surface area (Å²) in [6.45, 7) is 1.21. The van der Waals surface area contributed by atoms with Gasteiger partial charge in [0, 0.05) is 110 Å². The van der Waals surface area contributed by atoms with Crippen molar-refractivity contribution in [1.82, 2.24) is 61.7 Å². The molecule has 4 aromatic carbocycles. The summed E-state index contributed by atoms with van der Waals surface area (Å²) in [4.78, 5) is 154. The number of amides is 8. The third kappa shape index (κ3) is 26.6. The van der Waals surface area contributed by atoms with E-state index >= 15 is 0 Å². The van der Waals surface area contributed by atoms with Crippen LogP contribution in [0.1, 0.15) is 72.9 Å². The molecule has 2 aliphatic heterocycles. The number of halogens is 1. The summed E-state index contributed by atoms with van der Waals surface area (Å²) in [5.74, 6) is -8.11. The molecule has 0 aliphatic carbocycles. The molecule has 4 aromatic rings. The first kappa shape index (κ1) is 76.0. The summed E-state index contributed by atoms with van der Waals surface area (Å²) in [6.07, 6.45) is 2.07. The number of phenolic OH excluding ortho intramolecular Hbond substituents is 1. The molecule has 0 radical (unpaired) electrons. The summed E-state index contributed by atoms with van der Waals surface area (Å²) in [5, 5.41) is 70.4. The quantitative estimate of drug-likeness (QED) is 0.0153. The summed E-state index contributed by atoms with van der Waals surface area (Å²) in [5.41, 5.74) is 7.47. The molecule has 2 heterocycles. The van der Waals surface area contributed by atoms with E-state index in [1.54, 1.807) is 39.0 Å². The first-order chi connectivity index (χ1) is 45.9. The minimum atomic E-state index is -1.29. The topological polar surface area (TPSA) is 431 Å². The molecule has 15 N–H and O–H groups in total. The Hall–Kier alpha value is -9.05. The largest absolute Gasteiger partial charge is 0.507 e. The Labute approximate surface area is 569 Å². The average molecular weight is 1450 g/mol. The standard InChI is InChI=1S/C65H88IN15O15/c1-77-52(63(95)75-49(11-7-24-71-65(67)68)62(94)76-50(35-42-14-16-44-9-4-5-10-46(44)33-42)61(93)72-37-55(84)74-51(64(77)96)36-43-15-21-53(82)48(66)34-43)12-8-23-70-60(92)45-17-19-47(20-18-45)73-54(83)13-3-2-6-22-69-56(85)38-78-25-27-79(39-57(86)87)29-31-81(41-59(90)91)32-30-80(28-26-78)40-58(88)89/h4-5,9-10,14-21,33-34,49-52,82H,2-3,6-8,11-13,22-32,35-41H2,1H3,(H,69,85)(H,70,92)(H,72,93)(H,73,83)(H,74,84)(H,75,95)(H,76,94)(H,86,87)(H,88,89)(H,90,91)(H4,67,68,71)/t49-,50-,51+,52+/m0/s1. The van der Waals surface area contributed by atoms with Gasteiger partial charge in [-0.2, -0.15) is 0 Å². The maximum absolute atomic E-state index is 14.7. The SMILES string of the molecule is CN1C(=O)[C@@H](Cc2ccc(O)c(I)c2)NC(=O)CNC(=O)[C@H](Cc2ccc3ccccc3c2)NC(=O)[C@H](CCCNC(=N)N)NC(=O)[C@H]1CCCNC(=O)c1ccc(NC(=O)CCCCCNC(=O)CN2CCN(CC(=O)O)CCN(CC(=O)O)CCN(CC(=O)O)CC2)cc1. The Kier molecular flexibility index (Phi) is 30.9. The van der Waals surface area contributed by atoms with Crippen molar-refractivity contribution in [2.45, 2.75) is 88.4 Å². The number of hydrogen-bond donors (Lipinski definition) is 14. The van der Waals surface area contributed by atoms with Crippen LogP contribution in [0.4, 0.5) is 5.69 Å². The van der Waals surface area contributed by atoms with Crippen LogP contribution < -0.4 is 48.3 Å². The predicted octanol–water partition coefficient (Wildman–Crippen LogP) is -0.0896. The number of fused-ring (bicyclic) bond motifs is 1. The van der Waals surface area contributed by atoms with E-state index in [-0.39, 0.29) is 153 Å². The molecule has 96 heavy (non-hydrogen) atoms. The monoisotopic (exact) mass is 1450 g/mol.